The summed E-state index contributed by atoms with van der Waals surface area (Å²) in [6.45, 7) is 3.58. The molecule has 1 aliphatic heterocycles. The number of nitrogens with zero attached hydrogens (tertiary/aromatic N) is 3. The first-order chi connectivity index (χ1) is 11.1. The van der Waals surface area contributed by atoms with Gasteiger partial charge in [0.05, 0.1) is 17.1 Å². The lowest BCUT2D eigenvalue weighted by Gasteiger charge is -2.09. The van der Waals surface area contributed by atoms with Gasteiger partial charge in [0, 0.05) is 24.3 Å². The van der Waals surface area contributed by atoms with Gasteiger partial charge >= 0.3 is 0 Å². The minimum absolute atomic E-state index is 0.132. The van der Waals surface area contributed by atoms with Gasteiger partial charge in [0.15, 0.2) is 0 Å². The summed E-state index contributed by atoms with van der Waals surface area (Å²) < 4.78 is 15.6. The van der Waals surface area contributed by atoms with Crippen molar-refractivity contribution >= 4 is 11.6 Å². The summed E-state index contributed by atoms with van der Waals surface area (Å²) in [7, 11) is 0. The van der Waals surface area contributed by atoms with Gasteiger partial charge in [-0.1, -0.05) is 6.07 Å². The topological polar surface area (TPSA) is 68.8 Å². The van der Waals surface area contributed by atoms with Crippen molar-refractivity contribution in [1.82, 2.24) is 14.5 Å². The molecule has 0 unspecified atom stereocenters. The number of fused-ring (bicyclic) bond motifs is 1. The van der Waals surface area contributed by atoms with Crippen molar-refractivity contribution in [3.8, 4) is 22.6 Å². The van der Waals surface area contributed by atoms with Gasteiger partial charge < -0.3 is 15.6 Å². The number of benzene rings is 1. The molecule has 116 valence electrons. The van der Waals surface area contributed by atoms with E-state index >= 15 is 0 Å². The number of pyridine rings is 1. The van der Waals surface area contributed by atoms with Crippen molar-refractivity contribution < 1.29 is 4.39 Å². The van der Waals surface area contributed by atoms with Crippen molar-refractivity contribution in [3.05, 3.63) is 47.9 Å². The summed E-state index contributed by atoms with van der Waals surface area (Å²) in [6, 6.07) is 10.6. The highest BCUT2D eigenvalue weighted by molar-refractivity contribution is 5.81. The third-order valence-electron chi connectivity index (χ3n) is 3.99. The van der Waals surface area contributed by atoms with Gasteiger partial charge in [0.2, 0.25) is 5.95 Å². The maximum Gasteiger partial charge on any atom is 0.204 e. The van der Waals surface area contributed by atoms with Crippen LogP contribution in [0.5, 0.6) is 0 Å². The zero-order valence-corrected chi connectivity index (χ0v) is 12.7. The lowest BCUT2D eigenvalue weighted by atomic mass is 10.1. The number of halogens is 1. The summed E-state index contributed by atoms with van der Waals surface area (Å²) in [6.07, 6.45) is 0. The standard InChI is InChI=1S/C17H16FN5/c1-10-3-2-4-14(21-10)15-16(23-8-7-20-17(23)22-15)11-5-6-12(18)13(19)9-11/h2-6,9H,7-8,19H2,1H3,(H,20,22). The van der Waals surface area contributed by atoms with Crippen LogP contribution in [0, 0.1) is 12.7 Å². The number of aromatic nitrogens is 3. The molecule has 1 aromatic carbocycles. The molecule has 3 N–H and O–H groups in total. The maximum atomic E-state index is 13.5. The van der Waals surface area contributed by atoms with Crippen LogP contribution in [0.4, 0.5) is 16.0 Å². The molecule has 0 aliphatic carbocycles. The van der Waals surface area contributed by atoms with Crippen LogP contribution in [0.15, 0.2) is 36.4 Å². The second-order valence-electron chi connectivity index (χ2n) is 5.61. The number of nitrogens with one attached hydrogen (secondary N) is 1. The van der Waals surface area contributed by atoms with Crippen LogP contribution < -0.4 is 11.1 Å². The molecule has 23 heavy (non-hydrogen) atoms. The molecule has 0 atom stereocenters. The lowest BCUT2D eigenvalue weighted by molar-refractivity contribution is 0.632. The average Bonchev–Trinajstić information content (AvgIpc) is 3.10. The van der Waals surface area contributed by atoms with E-state index in [4.69, 9.17) is 5.73 Å². The molecule has 0 spiro atoms. The van der Waals surface area contributed by atoms with Crippen molar-refractivity contribution in [3.63, 3.8) is 0 Å². The molecule has 0 amide bonds. The Balaban J connectivity index is 1.96. The molecule has 0 bridgehead atoms. The number of aryl methyl sites for hydroxylation is 1. The quantitative estimate of drug-likeness (QED) is 0.714. The van der Waals surface area contributed by atoms with E-state index in [1.165, 1.54) is 6.07 Å². The number of hydrogen-bond acceptors (Lipinski definition) is 4. The van der Waals surface area contributed by atoms with Gasteiger partial charge in [-0.15, -0.1) is 0 Å². The highest BCUT2D eigenvalue weighted by Crippen LogP contribution is 2.36. The molecule has 2 aromatic heterocycles. The molecule has 5 nitrogen and oxygen atoms in total. The predicted molar refractivity (Wildman–Crippen MR) is 88.5 cm³/mol. The fraction of sp³-hybridized carbons (Fsp3) is 0.176. The summed E-state index contributed by atoms with van der Waals surface area (Å²) >= 11 is 0. The fourth-order valence-corrected chi connectivity index (χ4v) is 2.92. The molecule has 6 heteroatoms. The molecule has 3 aromatic rings. The van der Waals surface area contributed by atoms with Gasteiger partial charge in [0.1, 0.15) is 11.5 Å². The number of imidazole rings is 1. The summed E-state index contributed by atoms with van der Waals surface area (Å²) in [5, 5.41) is 3.26. The largest absolute Gasteiger partial charge is 0.396 e. The SMILES string of the molecule is Cc1cccc(-c2nc3n(c2-c2ccc(F)c(N)c2)CCN3)n1. The van der Waals surface area contributed by atoms with Crippen molar-refractivity contribution in [1.29, 1.82) is 0 Å². The van der Waals surface area contributed by atoms with E-state index in [1.54, 1.807) is 12.1 Å². The Morgan fingerprint density at radius 1 is 1.22 bits per heavy atom. The van der Waals surface area contributed by atoms with E-state index < -0.39 is 5.82 Å². The zero-order valence-electron chi connectivity index (χ0n) is 12.7. The lowest BCUT2D eigenvalue weighted by Crippen LogP contribution is -2.00. The van der Waals surface area contributed by atoms with E-state index in [2.05, 4.69) is 19.9 Å². The first kappa shape index (κ1) is 13.8. The zero-order chi connectivity index (χ0) is 16.0. The van der Waals surface area contributed by atoms with Gasteiger partial charge in [-0.2, -0.15) is 0 Å². The normalized spacial score (nSPS) is 13.0. The molecule has 0 saturated heterocycles. The fourth-order valence-electron chi connectivity index (χ4n) is 2.92. The Morgan fingerprint density at radius 2 is 2.09 bits per heavy atom. The first-order valence-electron chi connectivity index (χ1n) is 7.47. The third kappa shape index (κ3) is 2.23. The Bertz CT molecular complexity index is 900. The van der Waals surface area contributed by atoms with Crippen LogP contribution in [0.1, 0.15) is 5.69 Å². The number of nitrogens with two attached hydrogens (primary N) is 1. The monoisotopic (exact) mass is 309 g/mol. The Kier molecular flexibility index (Phi) is 3.04. The summed E-state index contributed by atoms with van der Waals surface area (Å²) in [5.41, 5.74) is 10.1. The van der Waals surface area contributed by atoms with Crippen LogP contribution in [-0.4, -0.2) is 21.1 Å². The Labute approximate surface area is 133 Å². The number of anilines is 2. The summed E-state index contributed by atoms with van der Waals surface area (Å²) in [4.78, 5) is 9.26. The van der Waals surface area contributed by atoms with E-state index in [0.29, 0.717) is 0 Å². The number of nitrogen functional groups attached to an aromatic ring is 1. The number of hydrogen-bond donors (Lipinski definition) is 2. The van der Waals surface area contributed by atoms with Gasteiger partial charge in [0.25, 0.3) is 0 Å². The second-order valence-corrected chi connectivity index (χ2v) is 5.61. The van der Waals surface area contributed by atoms with Crippen LogP contribution in [-0.2, 0) is 6.54 Å². The van der Waals surface area contributed by atoms with E-state index in [1.807, 2.05) is 25.1 Å². The van der Waals surface area contributed by atoms with E-state index in [9.17, 15) is 4.39 Å². The molecule has 3 heterocycles. The number of rotatable bonds is 2. The minimum Gasteiger partial charge on any atom is -0.396 e. The molecular weight excluding hydrogens is 293 g/mol. The Morgan fingerprint density at radius 3 is 2.87 bits per heavy atom. The highest BCUT2D eigenvalue weighted by atomic mass is 19.1. The van der Waals surface area contributed by atoms with Gasteiger partial charge in [-0.05, 0) is 37.3 Å². The van der Waals surface area contributed by atoms with Gasteiger partial charge in [-0.3, -0.25) is 4.98 Å². The van der Waals surface area contributed by atoms with Crippen molar-refractivity contribution in [2.24, 2.45) is 0 Å². The van der Waals surface area contributed by atoms with E-state index in [-0.39, 0.29) is 5.69 Å². The Hall–Kier alpha value is -2.89. The third-order valence-corrected chi connectivity index (χ3v) is 3.99. The van der Waals surface area contributed by atoms with Crippen LogP contribution >= 0.6 is 0 Å². The molecule has 0 fully saturated rings. The molecular formula is C17H16FN5. The molecule has 0 saturated carbocycles. The predicted octanol–water partition coefficient (Wildman–Crippen LogP) is 3.07. The second kappa shape index (κ2) is 5.08. The molecule has 4 rings (SSSR count). The van der Waals surface area contributed by atoms with E-state index in [0.717, 1.165) is 47.4 Å². The van der Waals surface area contributed by atoms with Crippen molar-refractivity contribution in [2.45, 2.75) is 13.5 Å². The highest BCUT2D eigenvalue weighted by Gasteiger charge is 2.24. The van der Waals surface area contributed by atoms with Crippen molar-refractivity contribution in [2.75, 3.05) is 17.6 Å². The van der Waals surface area contributed by atoms with Crippen LogP contribution in [0.25, 0.3) is 22.6 Å². The molecule has 1 aliphatic rings. The smallest absolute Gasteiger partial charge is 0.204 e. The maximum absolute atomic E-state index is 13.5. The average molecular weight is 309 g/mol. The molecule has 0 radical (unpaired) electrons. The van der Waals surface area contributed by atoms with Crippen LogP contribution in [0.3, 0.4) is 0 Å². The first-order valence-corrected chi connectivity index (χ1v) is 7.47. The van der Waals surface area contributed by atoms with Gasteiger partial charge in [-0.25, -0.2) is 9.37 Å². The summed E-state index contributed by atoms with van der Waals surface area (Å²) in [5.74, 6) is 0.393. The van der Waals surface area contributed by atoms with Crippen LogP contribution in [0.2, 0.25) is 0 Å². The minimum atomic E-state index is -0.414.